The molecule has 0 spiro atoms. The molecule has 0 aliphatic carbocycles. The summed E-state index contributed by atoms with van der Waals surface area (Å²) in [6, 6.07) is 3.72. The van der Waals surface area contributed by atoms with Crippen molar-refractivity contribution in [3.63, 3.8) is 0 Å². The molecule has 2 aromatic rings. The largest absolute Gasteiger partial charge is 0.271 e. The third kappa shape index (κ3) is 3.00. The maximum atomic E-state index is 13.7. The van der Waals surface area contributed by atoms with Gasteiger partial charge in [-0.25, -0.2) is 13.5 Å². The van der Waals surface area contributed by atoms with Crippen LogP contribution in [0.25, 0.3) is 0 Å². The summed E-state index contributed by atoms with van der Waals surface area (Å²) < 4.78 is 28.6. The summed E-state index contributed by atoms with van der Waals surface area (Å²) in [6.45, 7) is 2.71. The fourth-order valence-electron chi connectivity index (χ4n) is 2.10. The normalized spacial score (nSPS) is 12.6. The van der Waals surface area contributed by atoms with Crippen LogP contribution in [0.3, 0.4) is 0 Å². The van der Waals surface area contributed by atoms with E-state index in [0.717, 1.165) is 18.2 Å². The average Bonchev–Trinajstić information content (AvgIpc) is 2.89. The first kappa shape index (κ1) is 14.5. The quantitative estimate of drug-likeness (QED) is 0.625. The van der Waals surface area contributed by atoms with E-state index in [1.807, 2.05) is 6.92 Å². The molecule has 0 aliphatic rings. The van der Waals surface area contributed by atoms with Crippen molar-refractivity contribution in [2.75, 3.05) is 0 Å². The lowest BCUT2D eigenvalue weighted by atomic mass is 10.0. The van der Waals surface area contributed by atoms with Gasteiger partial charge in [-0.3, -0.25) is 11.3 Å². The molecule has 1 aromatic heterocycles. The van der Waals surface area contributed by atoms with Crippen LogP contribution in [0.1, 0.15) is 30.6 Å². The van der Waals surface area contributed by atoms with Gasteiger partial charge >= 0.3 is 0 Å². The van der Waals surface area contributed by atoms with Gasteiger partial charge in [-0.2, -0.15) is 0 Å². The molecule has 0 fully saturated rings. The molecule has 1 heterocycles. The Hall–Kier alpha value is -1.86. The van der Waals surface area contributed by atoms with Crippen molar-refractivity contribution in [2.45, 2.75) is 32.4 Å². The minimum absolute atomic E-state index is 0.219. The average molecular weight is 281 g/mol. The molecular formula is C13H17F2N5. The number of nitrogens with two attached hydrogens (primary N) is 1. The number of halogens is 2. The van der Waals surface area contributed by atoms with Gasteiger partial charge < -0.3 is 0 Å². The molecule has 7 heteroatoms. The topological polar surface area (TPSA) is 68.8 Å². The van der Waals surface area contributed by atoms with Crippen molar-refractivity contribution in [2.24, 2.45) is 5.84 Å². The Bertz CT molecular complexity index is 570. The minimum atomic E-state index is -0.863. The van der Waals surface area contributed by atoms with Gasteiger partial charge in [0.2, 0.25) is 0 Å². The summed E-state index contributed by atoms with van der Waals surface area (Å²) in [5, 5.41) is 7.80. The van der Waals surface area contributed by atoms with Gasteiger partial charge in [-0.1, -0.05) is 24.3 Å². The second-order valence-electron chi connectivity index (χ2n) is 4.52. The molecule has 0 radical (unpaired) electrons. The predicted molar refractivity (Wildman–Crippen MR) is 70.4 cm³/mol. The first-order chi connectivity index (χ1) is 9.67. The number of aromatic nitrogens is 3. The molecule has 1 aromatic carbocycles. The first-order valence-electron chi connectivity index (χ1n) is 6.44. The van der Waals surface area contributed by atoms with Crippen LogP contribution < -0.4 is 11.3 Å². The zero-order chi connectivity index (χ0) is 14.5. The zero-order valence-electron chi connectivity index (χ0n) is 11.2. The van der Waals surface area contributed by atoms with E-state index < -0.39 is 11.6 Å². The monoisotopic (exact) mass is 281 g/mol. The van der Waals surface area contributed by atoms with Crippen LogP contribution in [0.15, 0.2) is 24.4 Å². The Morgan fingerprint density at radius 1 is 1.40 bits per heavy atom. The van der Waals surface area contributed by atoms with Crippen molar-refractivity contribution in [3.8, 4) is 0 Å². The number of hydrogen-bond acceptors (Lipinski definition) is 4. The van der Waals surface area contributed by atoms with Crippen molar-refractivity contribution >= 4 is 0 Å². The van der Waals surface area contributed by atoms with Crippen molar-refractivity contribution < 1.29 is 8.78 Å². The molecule has 108 valence electrons. The summed E-state index contributed by atoms with van der Waals surface area (Å²) in [6.07, 6.45) is 2.69. The van der Waals surface area contributed by atoms with Crippen molar-refractivity contribution in [1.29, 1.82) is 0 Å². The van der Waals surface area contributed by atoms with Crippen LogP contribution in [-0.2, 0) is 13.0 Å². The Morgan fingerprint density at radius 2 is 2.20 bits per heavy atom. The lowest BCUT2D eigenvalue weighted by molar-refractivity contribution is 0.455. The molecule has 0 saturated heterocycles. The van der Waals surface area contributed by atoms with Crippen LogP contribution in [0.2, 0.25) is 0 Å². The van der Waals surface area contributed by atoms with Gasteiger partial charge in [0.25, 0.3) is 0 Å². The molecular weight excluding hydrogens is 264 g/mol. The number of aryl methyl sites for hydroxylation is 1. The Morgan fingerprint density at radius 3 is 2.90 bits per heavy atom. The number of benzene rings is 1. The summed E-state index contributed by atoms with van der Waals surface area (Å²) in [5.74, 6) is 3.82. The maximum Gasteiger partial charge on any atom is 0.162 e. The Labute approximate surface area is 115 Å². The lowest BCUT2D eigenvalue weighted by Gasteiger charge is -2.17. The zero-order valence-corrected chi connectivity index (χ0v) is 11.2. The molecule has 1 atom stereocenters. The van der Waals surface area contributed by atoms with Crippen LogP contribution in [0.4, 0.5) is 8.78 Å². The molecule has 0 bridgehead atoms. The first-order valence-corrected chi connectivity index (χ1v) is 6.44. The third-order valence-corrected chi connectivity index (χ3v) is 3.10. The molecule has 5 nitrogen and oxygen atoms in total. The number of hydrogen-bond donors (Lipinski definition) is 2. The minimum Gasteiger partial charge on any atom is -0.271 e. The van der Waals surface area contributed by atoms with E-state index in [4.69, 9.17) is 5.84 Å². The van der Waals surface area contributed by atoms with E-state index in [-0.39, 0.29) is 18.0 Å². The molecule has 0 saturated carbocycles. The van der Waals surface area contributed by atoms with Gasteiger partial charge in [0.15, 0.2) is 11.6 Å². The van der Waals surface area contributed by atoms with E-state index in [1.165, 1.54) is 12.1 Å². The Balaban J connectivity index is 2.24. The van der Waals surface area contributed by atoms with Gasteiger partial charge in [0.05, 0.1) is 17.9 Å². The SMILES string of the molecule is CCCn1nncc1C(Cc1cccc(F)c1F)NN. The summed E-state index contributed by atoms with van der Waals surface area (Å²) >= 11 is 0. The van der Waals surface area contributed by atoms with E-state index in [1.54, 1.807) is 10.9 Å². The van der Waals surface area contributed by atoms with Crippen molar-refractivity contribution in [1.82, 2.24) is 20.4 Å². The Kier molecular flexibility index (Phi) is 4.75. The smallest absolute Gasteiger partial charge is 0.162 e. The predicted octanol–water partition coefficient (Wildman–Crippen LogP) is 1.71. The highest BCUT2D eigenvalue weighted by Gasteiger charge is 2.19. The summed E-state index contributed by atoms with van der Waals surface area (Å²) in [5.41, 5.74) is 3.62. The van der Waals surface area contributed by atoms with Crippen molar-refractivity contribution in [3.05, 3.63) is 47.3 Å². The summed E-state index contributed by atoms with van der Waals surface area (Å²) in [4.78, 5) is 0. The van der Waals surface area contributed by atoms with Crippen LogP contribution in [-0.4, -0.2) is 15.0 Å². The third-order valence-electron chi connectivity index (χ3n) is 3.10. The lowest BCUT2D eigenvalue weighted by Crippen LogP contribution is -2.31. The van der Waals surface area contributed by atoms with Crippen LogP contribution in [0.5, 0.6) is 0 Å². The number of nitrogens with one attached hydrogen (secondary N) is 1. The van der Waals surface area contributed by atoms with E-state index in [0.29, 0.717) is 6.54 Å². The standard InChI is InChI=1S/C13H17F2N5/c1-2-6-20-12(8-17-19-20)11(18-16)7-9-4-3-5-10(14)13(9)15/h3-5,8,11,18H,2,6-7,16H2,1H3. The molecule has 1 unspecified atom stereocenters. The molecule has 0 aliphatic heterocycles. The number of hydrazine groups is 1. The summed E-state index contributed by atoms with van der Waals surface area (Å²) in [7, 11) is 0. The van der Waals surface area contributed by atoms with E-state index in [2.05, 4.69) is 15.7 Å². The fraction of sp³-hybridized carbons (Fsp3) is 0.385. The van der Waals surface area contributed by atoms with Gasteiger partial charge in [-0.05, 0) is 24.5 Å². The van der Waals surface area contributed by atoms with Gasteiger partial charge in [0.1, 0.15) is 0 Å². The highest BCUT2D eigenvalue weighted by molar-refractivity contribution is 5.21. The molecule has 0 amide bonds. The number of nitrogens with zero attached hydrogens (tertiary/aromatic N) is 3. The highest BCUT2D eigenvalue weighted by atomic mass is 19.2. The van der Waals surface area contributed by atoms with Crippen LogP contribution >= 0.6 is 0 Å². The molecule has 3 N–H and O–H groups in total. The fourth-order valence-corrected chi connectivity index (χ4v) is 2.10. The van der Waals surface area contributed by atoms with E-state index in [9.17, 15) is 8.78 Å². The van der Waals surface area contributed by atoms with Crippen LogP contribution in [0, 0.1) is 11.6 Å². The second-order valence-corrected chi connectivity index (χ2v) is 4.52. The number of rotatable bonds is 6. The van der Waals surface area contributed by atoms with Gasteiger partial charge in [-0.15, -0.1) is 5.10 Å². The second kappa shape index (κ2) is 6.53. The maximum absolute atomic E-state index is 13.7. The highest BCUT2D eigenvalue weighted by Crippen LogP contribution is 2.20. The van der Waals surface area contributed by atoms with Gasteiger partial charge in [0, 0.05) is 6.54 Å². The molecule has 2 rings (SSSR count). The van der Waals surface area contributed by atoms with E-state index >= 15 is 0 Å². The molecule has 20 heavy (non-hydrogen) atoms.